The molecule has 0 aliphatic carbocycles. The van der Waals surface area contributed by atoms with Crippen LogP contribution >= 0.6 is 0 Å². The molecule has 98 valence electrons. The summed E-state index contributed by atoms with van der Waals surface area (Å²) in [5, 5.41) is 10.4. The topological polar surface area (TPSA) is 32.0 Å². The molecule has 1 aromatic heterocycles. The summed E-state index contributed by atoms with van der Waals surface area (Å²) in [5.74, 6) is 0. The Labute approximate surface area is 114 Å². The van der Waals surface area contributed by atoms with E-state index >= 15 is 0 Å². The van der Waals surface area contributed by atoms with Crippen LogP contribution in [0.5, 0.6) is 0 Å². The third kappa shape index (κ3) is 1.67. The van der Waals surface area contributed by atoms with Gasteiger partial charge in [0.25, 0.3) is 0 Å². The summed E-state index contributed by atoms with van der Waals surface area (Å²) >= 11 is 0. The SMILES string of the molecule is Cc1c(C#N)c2cc3c(cc2n1C)CN(C(C)C)C3. The highest BCUT2D eigenvalue weighted by Crippen LogP contribution is 2.32. The number of hydrogen-bond donors (Lipinski definition) is 0. The predicted octanol–water partition coefficient (Wildman–Crippen LogP) is 3.08. The molecule has 3 nitrogen and oxygen atoms in total. The first-order valence-corrected chi connectivity index (χ1v) is 6.78. The molecule has 0 atom stereocenters. The van der Waals surface area contributed by atoms with E-state index in [4.69, 9.17) is 0 Å². The van der Waals surface area contributed by atoms with Gasteiger partial charge in [-0.3, -0.25) is 4.90 Å². The molecule has 1 aliphatic heterocycles. The van der Waals surface area contributed by atoms with Gasteiger partial charge >= 0.3 is 0 Å². The molecule has 2 aromatic rings. The van der Waals surface area contributed by atoms with Gasteiger partial charge in [0.15, 0.2) is 0 Å². The lowest BCUT2D eigenvalue weighted by Crippen LogP contribution is -2.24. The van der Waals surface area contributed by atoms with Crippen LogP contribution in [0.4, 0.5) is 0 Å². The third-order valence-corrected chi connectivity index (χ3v) is 4.40. The van der Waals surface area contributed by atoms with Gasteiger partial charge in [-0.15, -0.1) is 0 Å². The number of rotatable bonds is 1. The molecular formula is C16H19N3. The minimum Gasteiger partial charge on any atom is -0.347 e. The monoisotopic (exact) mass is 253 g/mol. The van der Waals surface area contributed by atoms with E-state index in [0.29, 0.717) is 6.04 Å². The molecule has 0 saturated heterocycles. The van der Waals surface area contributed by atoms with Gasteiger partial charge in [0.05, 0.1) is 5.56 Å². The maximum Gasteiger partial charge on any atom is 0.102 e. The lowest BCUT2D eigenvalue weighted by atomic mass is 10.1. The minimum absolute atomic E-state index is 0.563. The second-order valence-corrected chi connectivity index (χ2v) is 5.77. The summed E-state index contributed by atoms with van der Waals surface area (Å²) in [4.78, 5) is 2.46. The number of fused-ring (bicyclic) bond motifs is 2. The fourth-order valence-electron chi connectivity index (χ4n) is 2.99. The van der Waals surface area contributed by atoms with E-state index in [0.717, 1.165) is 29.7 Å². The summed E-state index contributed by atoms with van der Waals surface area (Å²) in [5.41, 5.74) is 5.85. The molecule has 0 amide bonds. The van der Waals surface area contributed by atoms with Crippen LogP contribution in [-0.2, 0) is 20.1 Å². The fraction of sp³-hybridized carbons (Fsp3) is 0.438. The smallest absolute Gasteiger partial charge is 0.102 e. The fourth-order valence-corrected chi connectivity index (χ4v) is 2.99. The highest BCUT2D eigenvalue weighted by molar-refractivity contribution is 5.89. The predicted molar refractivity (Wildman–Crippen MR) is 76.8 cm³/mol. The van der Waals surface area contributed by atoms with Crippen molar-refractivity contribution in [3.8, 4) is 6.07 Å². The lowest BCUT2D eigenvalue weighted by molar-refractivity contribution is 0.227. The second kappa shape index (κ2) is 4.11. The zero-order chi connectivity index (χ0) is 13.7. The van der Waals surface area contributed by atoms with Crippen molar-refractivity contribution in [2.75, 3.05) is 0 Å². The number of benzene rings is 1. The number of nitriles is 1. The second-order valence-electron chi connectivity index (χ2n) is 5.77. The summed E-state index contributed by atoms with van der Waals surface area (Å²) in [6, 6.07) is 7.40. The Balaban J connectivity index is 2.20. The zero-order valence-corrected chi connectivity index (χ0v) is 12.0. The van der Waals surface area contributed by atoms with E-state index in [1.54, 1.807) is 0 Å². The summed E-state index contributed by atoms with van der Waals surface area (Å²) in [6.45, 7) is 8.51. The Hall–Kier alpha value is -1.79. The zero-order valence-electron chi connectivity index (χ0n) is 12.0. The Morgan fingerprint density at radius 2 is 1.84 bits per heavy atom. The molecule has 2 heterocycles. The Kier molecular flexibility index (Phi) is 2.65. The van der Waals surface area contributed by atoms with Crippen molar-refractivity contribution in [1.82, 2.24) is 9.47 Å². The van der Waals surface area contributed by atoms with Crippen molar-refractivity contribution in [2.45, 2.75) is 39.9 Å². The van der Waals surface area contributed by atoms with Gasteiger partial charge in [0.2, 0.25) is 0 Å². The van der Waals surface area contributed by atoms with Crippen molar-refractivity contribution < 1.29 is 0 Å². The molecular weight excluding hydrogens is 234 g/mol. The summed E-state index contributed by atoms with van der Waals surface area (Å²) < 4.78 is 2.13. The average molecular weight is 253 g/mol. The molecule has 3 heteroatoms. The van der Waals surface area contributed by atoms with E-state index in [1.165, 1.54) is 16.6 Å². The standard InChI is InChI=1S/C16H19N3/c1-10(2)19-8-12-5-14-15(7-17)11(3)18(4)16(14)6-13(12)9-19/h5-6,10H,8-9H2,1-4H3. The van der Waals surface area contributed by atoms with Gasteiger partial charge < -0.3 is 4.57 Å². The maximum atomic E-state index is 9.34. The van der Waals surface area contributed by atoms with E-state index in [-0.39, 0.29) is 0 Å². The van der Waals surface area contributed by atoms with Crippen LogP contribution in [-0.4, -0.2) is 15.5 Å². The number of hydrogen-bond acceptors (Lipinski definition) is 2. The Bertz CT molecular complexity index is 701. The number of aromatic nitrogens is 1. The lowest BCUT2D eigenvalue weighted by Gasteiger charge is -2.18. The molecule has 0 N–H and O–H groups in total. The molecule has 1 aliphatic rings. The van der Waals surface area contributed by atoms with Gasteiger partial charge in [0.1, 0.15) is 6.07 Å². The van der Waals surface area contributed by atoms with Gasteiger partial charge in [-0.2, -0.15) is 5.26 Å². The van der Waals surface area contributed by atoms with Gasteiger partial charge in [0, 0.05) is 42.8 Å². The van der Waals surface area contributed by atoms with E-state index in [2.05, 4.69) is 41.5 Å². The van der Waals surface area contributed by atoms with Crippen molar-refractivity contribution in [1.29, 1.82) is 5.26 Å². The number of nitrogens with zero attached hydrogens (tertiary/aromatic N) is 3. The highest BCUT2D eigenvalue weighted by atomic mass is 15.2. The van der Waals surface area contributed by atoms with Crippen molar-refractivity contribution in [3.63, 3.8) is 0 Å². The first kappa shape index (κ1) is 12.3. The van der Waals surface area contributed by atoms with Crippen LogP contribution in [0.15, 0.2) is 12.1 Å². The molecule has 0 radical (unpaired) electrons. The van der Waals surface area contributed by atoms with E-state index < -0.39 is 0 Å². The normalized spacial score (nSPS) is 15.2. The van der Waals surface area contributed by atoms with Crippen LogP contribution in [0, 0.1) is 18.3 Å². The molecule has 1 aromatic carbocycles. The Morgan fingerprint density at radius 1 is 1.21 bits per heavy atom. The van der Waals surface area contributed by atoms with Crippen molar-refractivity contribution in [2.24, 2.45) is 7.05 Å². The van der Waals surface area contributed by atoms with Gasteiger partial charge in [-0.25, -0.2) is 0 Å². The van der Waals surface area contributed by atoms with Crippen molar-refractivity contribution in [3.05, 3.63) is 34.5 Å². The maximum absolute atomic E-state index is 9.34. The molecule has 3 rings (SSSR count). The molecule has 0 unspecified atom stereocenters. The molecule has 0 spiro atoms. The quantitative estimate of drug-likeness (QED) is 0.782. The Morgan fingerprint density at radius 3 is 2.42 bits per heavy atom. The minimum atomic E-state index is 0.563. The summed E-state index contributed by atoms with van der Waals surface area (Å²) in [7, 11) is 2.04. The molecule has 0 fully saturated rings. The number of aryl methyl sites for hydroxylation is 1. The van der Waals surface area contributed by atoms with Gasteiger partial charge in [-0.1, -0.05) is 0 Å². The van der Waals surface area contributed by atoms with Crippen molar-refractivity contribution >= 4 is 10.9 Å². The van der Waals surface area contributed by atoms with Crippen LogP contribution < -0.4 is 0 Å². The third-order valence-electron chi connectivity index (χ3n) is 4.40. The van der Waals surface area contributed by atoms with Crippen LogP contribution in [0.25, 0.3) is 10.9 Å². The molecule has 0 saturated carbocycles. The van der Waals surface area contributed by atoms with E-state index in [1.807, 2.05) is 14.0 Å². The van der Waals surface area contributed by atoms with Crippen LogP contribution in [0.1, 0.15) is 36.2 Å². The van der Waals surface area contributed by atoms with Gasteiger partial charge in [-0.05, 0) is 44.0 Å². The van der Waals surface area contributed by atoms with Crippen LogP contribution in [0.3, 0.4) is 0 Å². The summed E-state index contributed by atoms with van der Waals surface area (Å²) in [6.07, 6.45) is 0. The average Bonchev–Trinajstić information content (AvgIpc) is 2.89. The first-order chi connectivity index (χ1) is 9.02. The molecule has 19 heavy (non-hydrogen) atoms. The van der Waals surface area contributed by atoms with Crippen LogP contribution in [0.2, 0.25) is 0 Å². The largest absolute Gasteiger partial charge is 0.347 e. The first-order valence-electron chi connectivity index (χ1n) is 6.78. The molecule has 0 bridgehead atoms. The van der Waals surface area contributed by atoms with E-state index in [9.17, 15) is 5.26 Å². The highest BCUT2D eigenvalue weighted by Gasteiger charge is 2.23.